The first kappa shape index (κ1) is 14.9. The number of carbonyl (C=O) groups excluding carboxylic acids is 2. The van der Waals surface area contributed by atoms with Crippen molar-refractivity contribution in [2.24, 2.45) is 5.92 Å². The molecule has 0 aromatic heterocycles. The number of likely N-dealkylation sites (N-methyl/N-ethyl adjacent to an activating group) is 1. The minimum absolute atomic E-state index is 0.0669. The van der Waals surface area contributed by atoms with Crippen molar-refractivity contribution in [3.63, 3.8) is 0 Å². The molecular weight excluding hydrogens is 236 g/mol. The predicted octanol–water partition coefficient (Wildman–Crippen LogP) is -0.320. The fourth-order valence-electron chi connectivity index (χ4n) is 1.93. The molecule has 2 unspecified atom stereocenters. The summed E-state index contributed by atoms with van der Waals surface area (Å²) in [5.74, 6) is -0.529. The van der Waals surface area contributed by atoms with Gasteiger partial charge >= 0.3 is 5.97 Å². The summed E-state index contributed by atoms with van der Waals surface area (Å²) in [6.07, 6.45) is 0.207. The Balaban J connectivity index is 2.25. The topological polar surface area (TPSA) is 76.7 Å². The minimum atomic E-state index is -0.288. The highest BCUT2D eigenvalue weighted by molar-refractivity contribution is 5.80. The molecule has 0 radical (unpaired) electrons. The van der Waals surface area contributed by atoms with Crippen LogP contribution in [0.25, 0.3) is 0 Å². The van der Waals surface area contributed by atoms with Crippen LogP contribution in [0.2, 0.25) is 0 Å². The van der Waals surface area contributed by atoms with Gasteiger partial charge in [0, 0.05) is 12.6 Å². The Labute approximate surface area is 107 Å². The van der Waals surface area contributed by atoms with E-state index in [0.29, 0.717) is 26.4 Å². The molecule has 104 valence electrons. The zero-order valence-electron chi connectivity index (χ0n) is 11.0. The van der Waals surface area contributed by atoms with Crippen molar-refractivity contribution in [1.29, 1.82) is 0 Å². The van der Waals surface area contributed by atoms with Gasteiger partial charge in [0.05, 0.1) is 32.2 Å². The maximum absolute atomic E-state index is 11.9. The molecule has 0 aromatic rings. The molecule has 0 aromatic carbocycles. The van der Waals surface area contributed by atoms with Crippen molar-refractivity contribution in [2.75, 3.05) is 32.9 Å². The average Bonchev–Trinajstić information content (AvgIpc) is 2.78. The summed E-state index contributed by atoms with van der Waals surface area (Å²) in [5.41, 5.74) is 0. The zero-order chi connectivity index (χ0) is 13.4. The molecule has 1 fully saturated rings. The number of rotatable bonds is 7. The highest BCUT2D eigenvalue weighted by Gasteiger charge is 2.33. The van der Waals surface area contributed by atoms with Crippen molar-refractivity contribution in [2.45, 2.75) is 26.3 Å². The van der Waals surface area contributed by atoms with Crippen LogP contribution < -0.4 is 10.6 Å². The van der Waals surface area contributed by atoms with Gasteiger partial charge in [-0.05, 0) is 13.5 Å². The van der Waals surface area contributed by atoms with Crippen LogP contribution >= 0.6 is 0 Å². The van der Waals surface area contributed by atoms with Gasteiger partial charge in [-0.2, -0.15) is 0 Å². The van der Waals surface area contributed by atoms with E-state index in [9.17, 15) is 9.59 Å². The molecule has 0 saturated carbocycles. The number of carbonyl (C=O) groups is 2. The summed E-state index contributed by atoms with van der Waals surface area (Å²) in [4.78, 5) is 23.0. The van der Waals surface area contributed by atoms with Crippen LogP contribution in [0.5, 0.6) is 0 Å². The van der Waals surface area contributed by atoms with Gasteiger partial charge in [-0.3, -0.25) is 9.59 Å². The van der Waals surface area contributed by atoms with E-state index < -0.39 is 0 Å². The lowest BCUT2D eigenvalue weighted by Crippen LogP contribution is -2.44. The summed E-state index contributed by atoms with van der Waals surface area (Å²) in [6, 6.07) is 0.0672. The molecule has 1 heterocycles. The summed E-state index contributed by atoms with van der Waals surface area (Å²) in [5, 5.41) is 5.96. The van der Waals surface area contributed by atoms with E-state index in [1.165, 1.54) is 0 Å². The Bertz CT molecular complexity index is 283. The van der Waals surface area contributed by atoms with Gasteiger partial charge in [-0.1, -0.05) is 6.92 Å². The maximum atomic E-state index is 11.9. The lowest BCUT2D eigenvalue weighted by atomic mass is 10.0. The first-order valence-electron chi connectivity index (χ1n) is 6.43. The van der Waals surface area contributed by atoms with Crippen LogP contribution in [-0.2, 0) is 19.1 Å². The van der Waals surface area contributed by atoms with Crippen LogP contribution in [0.1, 0.15) is 20.3 Å². The third kappa shape index (κ3) is 4.62. The summed E-state index contributed by atoms with van der Waals surface area (Å²) in [7, 11) is 0. The van der Waals surface area contributed by atoms with Crippen molar-refractivity contribution >= 4 is 11.9 Å². The van der Waals surface area contributed by atoms with E-state index in [1.54, 1.807) is 6.92 Å². The van der Waals surface area contributed by atoms with Crippen molar-refractivity contribution in [3.8, 4) is 0 Å². The molecule has 0 aliphatic carbocycles. The second-order valence-corrected chi connectivity index (χ2v) is 4.15. The minimum Gasteiger partial charge on any atom is -0.466 e. The van der Waals surface area contributed by atoms with Crippen LogP contribution in [0, 0.1) is 5.92 Å². The Morgan fingerprint density at radius 2 is 2.11 bits per heavy atom. The molecule has 2 atom stereocenters. The molecular formula is C12H22N2O4. The standard InChI is InChI=1S/C12H22N2O4/c1-3-13-10-8-17-7-9(10)12(16)14-6-5-11(15)18-4-2/h9-10,13H,3-8H2,1-2H3,(H,14,16). The van der Waals surface area contributed by atoms with Gasteiger partial charge in [0.2, 0.25) is 5.91 Å². The first-order chi connectivity index (χ1) is 8.69. The lowest BCUT2D eigenvalue weighted by molar-refractivity contribution is -0.143. The van der Waals surface area contributed by atoms with Crippen LogP contribution in [0.3, 0.4) is 0 Å². The molecule has 18 heavy (non-hydrogen) atoms. The number of esters is 1. The van der Waals surface area contributed by atoms with Crippen LogP contribution in [-0.4, -0.2) is 50.8 Å². The first-order valence-corrected chi connectivity index (χ1v) is 6.43. The SMILES string of the molecule is CCNC1COCC1C(=O)NCCC(=O)OCC. The third-order valence-electron chi connectivity index (χ3n) is 2.82. The van der Waals surface area contributed by atoms with Crippen molar-refractivity contribution in [3.05, 3.63) is 0 Å². The van der Waals surface area contributed by atoms with E-state index in [0.717, 1.165) is 6.54 Å². The number of ether oxygens (including phenoxy) is 2. The van der Waals surface area contributed by atoms with Crippen LogP contribution in [0.4, 0.5) is 0 Å². The largest absolute Gasteiger partial charge is 0.466 e. The fraction of sp³-hybridized carbons (Fsp3) is 0.833. The summed E-state index contributed by atoms with van der Waals surface area (Å²) >= 11 is 0. The molecule has 1 saturated heterocycles. The highest BCUT2D eigenvalue weighted by atomic mass is 16.5. The molecule has 6 heteroatoms. The van der Waals surface area contributed by atoms with E-state index in [2.05, 4.69) is 10.6 Å². The van der Waals surface area contributed by atoms with Crippen molar-refractivity contribution < 1.29 is 19.1 Å². The van der Waals surface area contributed by atoms with Gasteiger partial charge in [-0.15, -0.1) is 0 Å². The third-order valence-corrected chi connectivity index (χ3v) is 2.82. The smallest absolute Gasteiger partial charge is 0.307 e. The summed E-state index contributed by atoms with van der Waals surface area (Å²) in [6.45, 7) is 6.23. The van der Waals surface area contributed by atoms with Gasteiger partial charge in [-0.25, -0.2) is 0 Å². The van der Waals surface area contributed by atoms with Crippen LogP contribution in [0.15, 0.2) is 0 Å². The monoisotopic (exact) mass is 258 g/mol. The fourth-order valence-corrected chi connectivity index (χ4v) is 1.93. The molecule has 6 nitrogen and oxygen atoms in total. The molecule has 0 spiro atoms. The van der Waals surface area contributed by atoms with Crippen molar-refractivity contribution in [1.82, 2.24) is 10.6 Å². The van der Waals surface area contributed by atoms with E-state index >= 15 is 0 Å². The molecule has 1 aliphatic rings. The number of hydrogen-bond acceptors (Lipinski definition) is 5. The molecule has 1 aliphatic heterocycles. The number of amides is 1. The predicted molar refractivity (Wildman–Crippen MR) is 66.0 cm³/mol. The number of nitrogens with one attached hydrogen (secondary N) is 2. The maximum Gasteiger partial charge on any atom is 0.307 e. The average molecular weight is 258 g/mol. The Morgan fingerprint density at radius 1 is 1.33 bits per heavy atom. The Hall–Kier alpha value is -1.14. The van der Waals surface area contributed by atoms with E-state index in [4.69, 9.17) is 9.47 Å². The normalized spacial score (nSPS) is 22.8. The quantitative estimate of drug-likeness (QED) is 0.612. The van der Waals surface area contributed by atoms with Gasteiger partial charge < -0.3 is 20.1 Å². The summed E-state index contributed by atoms with van der Waals surface area (Å²) < 4.78 is 10.1. The molecule has 1 amide bonds. The van der Waals surface area contributed by atoms with Gasteiger partial charge in [0.25, 0.3) is 0 Å². The number of hydrogen-bond donors (Lipinski definition) is 2. The second-order valence-electron chi connectivity index (χ2n) is 4.15. The zero-order valence-corrected chi connectivity index (χ0v) is 11.0. The molecule has 1 rings (SSSR count). The molecule has 0 bridgehead atoms. The van der Waals surface area contributed by atoms with Gasteiger partial charge in [0.1, 0.15) is 0 Å². The highest BCUT2D eigenvalue weighted by Crippen LogP contribution is 2.13. The van der Waals surface area contributed by atoms with Gasteiger partial charge in [0.15, 0.2) is 0 Å². The Kier molecular flexibility index (Phi) is 6.67. The van der Waals surface area contributed by atoms with E-state index in [1.807, 2.05) is 6.92 Å². The Morgan fingerprint density at radius 3 is 2.78 bits per heavy atom. The van der Waals surface area contributed by atoms with E-state index in [-0.39, 0.29) is 30.3 Å². The lowest BCUT2D eigenvalue weighted by Gasteiger charge is -2.17. The molecule has 2 N–H and O–H groups in total. The second kappa shape index (κ2) is 8.05.